The summed E-state index contributed by atoms with van der Waals surface area (Å²) in [6.45, 7) is 10.8. The van der Waals surface area contributed by atoms with E-state index in [2.05, 4.69) is 62.6 Å². The van der Waals surface area contributed by atoms with E-state index in [1.165, 1.54) is 12.0 Å². The molecule has 8 heteroatoms. The van der Waals surface area contributed by atoms with Crippen LogP contribution in [0.1, 0.15) is 37.0 Å². The number of hydrogen-bond donors (Lipinski definition) is 1. The van der Waals surface area contributed by atoms with Gasteiger partial charge in [-0.2, -0.15) is 0 Å². The molecule has 160 valence electrons. The Morgan fingerprint density at radius 1 is 1.10 bits per heavy atom. The van der Waals surface area contributed by atoms with E-state index in [1.807, 2.05) is 18.5 Å². The van der Waals surface area contributed by atoms with Crippen LogP contribution in [0.5, 0.6) is 0 Å². The van der Waals surface area contributed by atoms with Crippen molar-refractivity contribution in [2.75, 3.05) is 32.7 Å². The standard InChI is InChI=1S/C21H33N7.HI/c1-4-5-11-22-21(23-16-20-25-24-18(2)26(20)3)28-14-12-27(13-15-28)17-19-9-7-6-8-10-19;/h6-10H,4-5,11-17H2,1-3H3,(H,22,23);1H. The van der Waals surface area contributed by atoms with Crippen LogP contribution in [0.25, 0.3) is 0 Å². The third-order valence-corrected chi connectivity index (χ3v) is 5.29. The van der Waals surface area contributed by atoms with Crippen molar-refractivity contribution in [3.05, 3.63) is 47.5 Å². The fraction of sp³-hybridized carbons (Fsp3) is 0.571. The first-order chi connectivity index (χ1) is 13.7. The largest absolute Gasteiger partial charge is 0.356 e. The second-order valence-electron chi connectivity index (χ2n) is 7.39. The molecule has 0 bridgehead atoms. The van der Waals surface area contributed by atoms with Gasteiger partial charge >= 0.3 is 0 Å². The van der Waals surface area contributed by atoms with E-state index in [9.17, 15) is 0 Å². The van der Waals surface area contributed by atoms with Crippen LogP contribution in [0.4, 0.5) is 0 Å². The molecular weight excluding hydrogens is 477 g/mol. The number of aryl methyl sites for hydroxylation is 1. The van der Waals surface area contributed by atoms with Gasteiger partial charge in [0.1, 0.15) is 12.4 Å². The molecule has 1 saturated heterocycles. The fourth-order valence-electron chi connectivity index (χ4n) is 3.34. The zero-order chi connectivity index (χ0) is 19.8. The van der Waals surface area contributed by atoms with E-state index in [1.54, 1.807) is 0 Å². The topological polar surface area (TPSA) is 61.6 Å². The average molecular weight is 511 g/mol. The highest BCUT2D eigenvalue weighted by atomic mass is 127. The summed E-state index contributed by atoms with van der Waals surface area (Å²) < 4.78 is 2.00. The maximum atomic E-state index is 4.86. The number of nitrogens with zero attached hydrogens (tertiary/aromatic N) is 6. The maximum absolute atomic E-state index is 4.86. The summed E-state index contributed by atoms with van der Waals surface area (Å²) >= 11 is 0. The highest BCUT2D eigenvalue weighted by molar-refractivity contribution is 14.0. The van der Waals surface area contributed by atoms with Gasteiger partial charge in [0.05, 0.1) is 0 Å². The quantitative estimate of drug-likeness (QED) is 0.268. The molecule has 0 unspecified atom stereocenters. The molecule has 1 fully saturated rings. The normalized spacial score (nSPS) is 15.3. The van der Waals surface area contributed by atoms with E-state index in [4.69, 9.17) is 4.99 Å². The summed E-state index contributed by atoms with van der Waals surface area (Å²) in [7, 11) is 1.99. The summed E-state index contributed by atoms with van der Waals surface area (Å²) in [6, 6.07) is 10.7. The minimum absolute atomic E-state index is 0. The molecule has 2 aromatic rings. The van der Waals surface area contributed by atoms with Crippen LogP contribution >= 0.6 is 24.0 Å². The van der Waals surface area contributed by atoms with Crippen LogP contribution in [0.2, 0.25) is 0 Å². The monoisotopic (exact) mass is 511 g/mol. The zero-order valence-corrected chi connectivity index (χ0v) is 20.2. The van der Waals surface area contributed by atoms with Crippen molar-refractivity contribution >= 4 is 29.9 Å². The molecule has 3 rings (SSSR count). The Kier molecular flexibility index (Phi) is 9.86. The van der Waals surface area contributed by atoms with Crippen LogP contribution in [0.15, 0.2) is 35.3 Å². The van der Waals surface area contributed by atoms with Crippen LogP contribution in [-0.4, -0.2) is 63.2 Å². The highest BCUT2D eigenvalue weighted by Crippen LogP contribution is 2.09. The Hall–Kier alpha value is -1.68. The summed E-state index contributed by atoms with van der Waals surface area (Å²) in [5.41, 5.74) is 1.38. The zero-order valence-electron chi connectivity index (χ0n) is 17.8. The second kappa shape index (κ2) is 12.1. The molecule has 1 aliphatic rings. The Morgan fingerprint density at radius 2 is 1.83 bits per heavy atom. The smallest absolute Gasteiger partial charge is 0.194 e. The number of piperazine rings is 1. The number of unbranched alkanes of at least 4 members (excludes halogenated alkanes) is 1. The van der Waals surface area contributed by atoms with Crippen LogP contribution in [0.3, 0.4) is 0 Å². The number of benzene rings is 1. The van der Waals surface area contributed by atoms with E-state index >= 15 is 0 Å². The van der Waals surface area contributed by atoms with Gasteiger partial charge in [0.2, 0.25) is 0 Å². The number of nitrogens with one attached hydrogen (secondary N) is 1. The minimum Gasteiger partial charge on any atom is -0.356 e. The highest BCUT2D eigenvalue weighted by Gasteiger charge is 2.20. The van der Waals surface area contributed by atoms with Gasteiger partial charge in [-0.25, -0.2) is 4.99 Å². The molecule has 1 aromatic carbocycles. The first-order valence-corrected chi connectivity index (χ1v) is 10.3. The molecule has 0 atom stereocenters. The van der Waals surface area contributed by atoms with Gasteiger partial charge in [-0.05, 0) is 18.9 Å². The molecule has 7 nitrogen and oxygen atoms in total. The van der Waals surface area contributed by atoms with Crippen LogP contribution in [-0.2, 0) is 20.1 Å². The molecule has 0 spiro atoms. The number of aromatic nitrogens is 3. The summed E-state index contributed by atoms with van der Waals surface area (Å²) in [5.74, 6) is 2.81. The predicted octanol–water partition coefficient (Wildman–Crippen LogP) is 2.81. The number of rotatable bonds is 7. The lowest BCUT2D eigenvalue weighted by Gasteiger charge is -2.36. The maximum Gasteiger partial charge on any atom is 0.194 e. The Morgan fingerprint density at radius 3 is 2.45 bits per heavy atom. The molecule has 0 saturated carbocycles. The van der Waals surface area contributed by atoms with Crippen molar-refractivity contribution in [2.24, 2.45) is 12.0 Å². The molecule has 2 heterocycles. The Labute approximate surface area is 191 Å². The average Bonchev–Trinajstić information content (AvgIpc) is 3.04. The van der Waals surface area contributed by atoms with Crippen molar-refractivity contribution in [1.29, 1.82) is 0 Å². The van der Waals surface area contributed by atoms with Gasteiger partial charge in [-0.15, -0.1) is 34.2 Å². The molecule has 0 aliphatic carbocycles. The first kappa shape index (κ1) is 23.6. The van der Waals surface area contributed by atoms with Gasteiger partial charge < -0.3 is 14.8 Å². The number of guanidine groups is 1. The van der Waals surface area contributed by atoms with Gasteiger partial charge in [-0.3, -0.25) is 4.90 Å². The van der Waals surface area contributed by atoms with Crippen molar-refractivity contribution < 1.29 is 0 Å². The lowest BCUT2D eigenvalue weighted by Crippen LogP contribution is -2.52. The molecular formula is C21H34IN7. The van der Waals surface area contributed by atoms with E-state index in [0.717, 1.165) is 63.3 Å². The summed E-state index contributed by atoms with van der Waals surface area (Å²) in [6.07, 6.45) is 2.32. The lowest BCUT2D eigenvalue weighted by atomic mass is 10.2. The van der Waals surface area contributed by atoms with Crippen molar-refractivity contribution in [3.63, 3.8) is 0 Å². The van der Waals surface area contributed by atoms with Crippen molar-refractivity contribution in [3.8, 4) is 0 Å². The van der Waals surface area contributed by atoms with Gasteiger partial charge in [0, 0.05) is 46.3 Å². The Bertz CT molecular complexity index is 752. The predicted molar refractivity (Wildman–Crippen MR) is 128 cm³/mol. The summed E-state index contributed by atoms with van der Waals surface area (Å²) in [5, 5.41) is 11.9. The van der Waals surface area contributed by atoms with Crippen molar-refractivity contribution in [2.45, 2.75) is 39.8 Å². The molecule has 29 heavy (non-hydrogen) atoms. The minimum atomic E-state index is 0. The number of halogens is 1. The molecule has 1 N–H and O–H groups in total. The first-order valence-electron chi connectivity index (χ1n) is 10.3. The van der Waals surface area contributed by atoms with E-state index in [-0.39, 0.29) is 24.0 Å². The third-order valence-electron chi connectivity index (χ3n) is 5.29. The third kappa shape index (κ3) is 6.95. The lowest BCUT2D eigenvalue weighted by molar-refractivity contribution is 0.172. The Balaban J connectivity index is 0.00000300. The van der Waals surface area contributed by atoms with Gasteiger partial charge in [-0.1, -0.05) is 43.7 Å². The van der Waals surface area contributed by atoms with Crippen LogP contribution < -0.4 is 5.32 Å². The molecule has 0 amide bonds. The number of aliphatic imine (C=N–C) groups is 1. The van der Waals surface area contributed by atoms with Crippen molar-refractivity contribution in [1.82, 2.24) is 29.9 Å². The van der Waals surface area contributed by atoms with Gasteiger partial charge in [0.15, 0.2) is 11.8 Å². The van der Waals surface area contributed by atoms with E-state index < -0.39 is 0 Å². The van der Waals surface area contributed by atoms with Gasteiger partial charge in [0.25, 0.3) is 0 Å². The molecule has 0 radical (unpaired) electrons. The number of hydrogen-bond acceptors (Lipinski definition) is 4. The van der Waals surface area contributed by atoms with E-state index in [0.29, 0.717) is 6.54 Å². The molecule has 1 aromatic heterocycles. The summed E-state index contributed by atoms with van der Waals surface area (Å²) in [4.78, 5) is 9.75. The molecule has 1 aliphatic heterocycles. The SMILES string of the molecule is CCCCNC(=NCc1nnc(C)n1C)N1CCN(Cc2ccccc2)CC1.I. The fourth-order valence-corrected chi connectivity index (χ4v) is 3.34. The van der Waals surface area contributed by atoms with Crippen LogP contribution in [0, 0.1) is 6.92 Å². The second-order valence-corrected chi connectivity index (χ2v) is 7.39.